The van der Waals surface area contributed by atoms with Crippen LogP contribution in [0.1, 0.15) is 25.3 Å². The van der Waals surface area contributed by atoms with Gasteiger partial charge in [-0.1, -0.05) is 29.8 Å². The molecule has 0 unspecified atom stereocenters. The van der Waals surface area contributed by atoms with E-state index in [1.165, 1.54) is 7.11 Å². The number of methoxy groups -OCH3 is 1. The molecule has 0 saturated carbocycles. The molecular weight excluding hydrogens is 356 g/mol. The van der Waals surface area contributed by atoms with Gasteiger partial charge in [0.25, 0.3) is 0 Å². The van der Waals surface area contributed by atoms with Crippen LogP contribution in [0.3, 0.4) is 0 Å². The first-order valence-electron chi connectivity index (χ1n) is 8.46. The zero-order chi connectivity index (χ0) is 19.3. The van der Waals surface area contributed by atoms with Crippen molar-refractivity contribution in [3.05, 3.63) is 46.5 Å². The second-order valence-electron chi connectivity index (χ2n) is 6.57. The minimum atomic E-state index is -3.51. The fourth-order valence-corrected chi connectivity index (χ4v) is 5.15. The number of aliphatic hydroxyl groups excluding tert-OH is 2. The van der Waals surface area contributed by atoms with Gasteiger partial charge in [0, 0.05) is 12.7 Å². The van der Waals surface area contributed by atoms with E-state index in [9.17, 15) is 23.7 Å². The first-order valence-corrected chi connectivity index (χ1v) is 10.2. The van der Waals surface area contributed by atoms with Crippen LogP contribution in [0, 0.1) is 0 Å². The largest absolute Gasteiger partial charge is 0.507 e. The standard InChI is InChI=1S/C19H26O6S/c1-13(9-14-5-3-4-6-16(14)21)7-8-17(22)19-15(11-25-2)12-26(23,24)18(19)10-20/h3-6,9,17-18,20-22H,7-8,10-12H2,1-2H3/b13-9+/t17-,18+/m1/s1. The average Bonchev–Trinajstić information content (AvgIpc) is 2.84. The number of ether oxygens (including phenoxy) is 1. The second kappa shape index (κ2) is 8.81. The molecule has 2 atom stereocenters. The molecule has 3 N–H and O–H groups in total. The van der Waals surface area contributed by atoms with Crippen LogP contribution in [0.15, 0.2) is 41.0 Å². The molecule has 0 spiro atoms. The van der Waals surface area contributed by atoms with E-state index in [0.29, 0.717) is 29.6 Å². The fourth-order valence-electron chi connectivity index (χ4n) is 3.28. The van der Waals surface area contributed by atoms with E-state index in [0.717, 1.165) is 5.57 Å². The highest BCUT2D eigenvalue weighted by atomic mass is 32.2. The summed E-state index contributed by atoms with van der Waals surface area (Å²) in [4.78, 5) is 0. The molecule has 0 amide bonds. The molecule has 0 radical (unpaired) electrons. The Morgan fingerprint density at radius 1 is 1.38 bits per heavy atom. The number of phenolic OH excluding ortho intramolecular Hbond substituents is 1. The van der Waals surface area contributed by atoms with Crippen LogP contribution in [0.2, 0.25) is 0 Å². The summed E-state index contributed by atoms with van der Waals surface area (Å²) in [6, 6.07) is 6.96. The number of benzene rings is 1. The van der Waals surface area contributed by atoms with Crippen LogP contribution >= 0.6 is 0 Å². The average molecular weight is 382 g/mol. The molecule has 0 fully saturated rings. The number of rotatable bonds is 8. The summed E-state index contributed by atoms with van der Waals surface area (Å²) >= 11 is 0. The number of hydrogen-bond acceptors (Lipinski definition) is 6. The highest BCUT2D eigenvalue weighted by Gasteiger charge is 2.40. The molecule has 0 aliphatic carbocycles. The highest BCUT2D eigenvalue weighted by molar-refractivity contribution is 7.92. The summed E-state index contributed by atoms with van der Waals surface area (Å²) in [6.45, 7) is 1.46. The van der Waals surface area contributed by atoms with E-state index in [1.807, 2.05) is 19.1 Å². The number of phenols is 1. The van der Waals surface area contributed by atoms with Gasteiger partial charge in [-0.3, -0.25) is 0 Å². The van der Waals surface area contributed by atoms with Gasteiger partial charge in [0.15, 0.2) is 9.84 Å². The summed E-state index contributed by atoms with van der Waals surface area (Å²) in [7, 11) is -2.04. The van der Waals surface area contributed by atoms with E-state index >= 15 is 0 Å². The Kier molecular flexibility index (Phi) is 7.00. The third-order valence-electron chi connectivity index (χ3n) is 4.56. The van der Waals surface area contributed by atoms with Gasteiger partial charge >= 0.3 is 0 Å². The summed E-state index contributed by atoms with van der Waals surface area (Å²) in [5, 5.41) is 28.8. The highest BCUT2D eigenvalue weighted by Crippen LogP contribution is 2.32. The molecule has 7 heteroatoms. The molecule has 6 nitrogen and oxygen atoms in total. The topological polar surface area (TPSA) is 104 Å². The predicted octanol–water partition coefficient (Wildman–Crippen LogP) is 1.67. The lowest BCUT2D eigenvalue weighted by Gasteiger charge is -2.19. The number of allylic oxidation sites excluding steroid dienone is 1. The van der Waals surface area contributed by atoms with Crippen molar-refractivity contribution in [3.63, 3.8) is 0 Å². The van der Waals surface area contributed by atoms with E-state index in [4.69, 9.17) is 4.74 Å². The molecule has 2 rings (SSSR count). The van der Waals surface area contributed by atoms with Crippen molar-refractivity contribution in [1.29, 1.82) is 0 Å². The molecule has 1 heterocycles. The van der Waals surface area contributed by atoms with E-state index in [-0.39, 0.29) is 18.1 Å². The van der Waals surface area contributed by atoms with Crippen LogP contribution in [-0.2, 0) is 14.6 Å². The van der Waals surface area contributed by atoms with Crippen molar-refractivity contribution >= 4 is 15.9 Å². The zero-order valence-electron chi connectivity index (χ0n) is 15.1. The second-order valence-corrected chi connectivity index (χ2v) is 8.76. The molecule has 0 aromatic heterocycles. The third-order valence-corrected chi connectivity index (χ3v) is 6.58. The van der Waals surface area contributed by atoms with Crippen molar-refractivity contribution in [3.8, 4) is 5.75 Å². The van der Waals surface area contributed by atoms with Gasteiger partial charge < -0.3 is 20.1 Å². The fraction of sp³-hybridized carbons (Fsp3) is 0.474. The Bertz CT molecular complexity index is 794. The smallest absolute Gasteiger partial charge is 0.163 e. The first kappa shape index (κ1) is 20.6. The van der Waals surface area contributed by atoms with E-state index < -0.39 is 27.8 Å². The van der Waals surface area contributed by atoms with Crippen LogP contribution in [0.25, 0.3) is 6.08 Å². The van der Waals surface area contributed by atoms with Crippen LogP contribution in [0.5, 0.6) is 5.75 Å². The number of hydrogen-bond donors (Lipinski definition) is 3. The summed E-state index contributed by atoms with van der Waals surface area (Å²) in [6.07, 6.45) is 1.71. The van der Waals surface area contributed by atoms with Gasteiger partial charge in [-0.2, -0.15) is 0 Å². The molecule has 1 aliphatic rings. The SMILES string of the molecule is COCC1=C([C@H](O)CC/C(C)=C/c2ccccc2O)[C@H](CO)S(=O)(=O)C1. The quantitative estimate of drug-likeness (QED) is 0.591. The minimum Gasteiger partial charge on any atom is -0.507 e. The summed E-state index contributed by atoms with van der Waals surface area (Å²) in [5.41, 5.74) is 2.53. The summed E-state index contributed by atoms with van der Waals surface area (Å²) < 4.78 is 29.5. The van der Waals surface area contributed by atoms with Gasteiger partial charge in [0.2, 0.25) is 0 Å². The molecule has 1 aromatic carbocycles. The van der Waals surface area contributed by atoms with Gasteiger partial charge in [0.05, 0.1) is 25.1 Å². The molecular formula is C19H26O6S. The first-order chi connectivity index (χ1) is 12.3. The van der Waals surface area contributed by atoms with Crippen molar-refractivity contribution < 1.29 is 28.5 Å². The van der Waals surface area contributed by atoms with Crippen LogP contribution in [0.4, 0.5) is 0 Å². The van der Waals surface area contributed by atoms with Crippen molar-refractivity contribution in [2.45, 2.75) is 31.1 Å². The lowest BCUT2D eigenvalue weighted by atomic mass is 9.95. The third kappa shape index (κ3) is 4.73. The maximum Gasteiger partial charge on any atom is 0.163 e. The van der Waals surface area contributed by atoms with Crippen molar-refractivity contribution in [2.75, 3.05) is 26.1 Å². The Morgan fingerprint density at radius 3 is 2.69 bits per heavy atom. The monoisotopic (exact) mass is 382 g/mol. The molecule has 1 aromatic rings. The predicted molar refractivity (Wildman–Crippen MR) is 101 cm³/mol. The molecule has 0 saturated heterocycles. The Morgan fingerprint density at radius 2 is 2.08 bits per heavy atom. The Labute approximate surface area is 154 Å². The number of aliphatic hydroxyl groups is 2. The molecule has 144 valence electrons. The summed E-state index contributed by atoms with van der Waals surface area (Å²) in [5.74, 6) is -0.00902. The van der Waals surface area contributed by atoms with Crippen LogP contribution < -0.4 is 0 Å². The molecule has 26 heavy (non-hydrogen) atoms. The van der Waals surface area contributed by atoms with Gasteiger partial charge in [-0.25, -0.2) is 8.42 Å². The maximum absolute atomic E-state index is 12.2. The normalized spacial score (nSPS) is 21.2. The maximum atomic E-state index is 12.2. The van der Waals surface area contributed by atoms with Gasteiger partial charge in [-0.05, 0) is 37.0 Å². The lowest BCUT2D eigenvalue weighted by molar-refractivity contribution is 0.182. The van der Waals surface area contributed by atoms with E-state index in [1.54, 1.807) is 18.2 Å². The van der Waals surface area contributed by atoms with Crippen LogP contribution in [-0.4, -0.2) is 61.2 Å². The Hall–Kier alpha value is -1.67. The lowest BCUT2D eigenvalue weighted by Crippen LogP contribution is -2.29. The van der Waals surface area contributed by atoms with Crippen molar-refractivity contribution in [1.82, 2.24) is 0 Å². The number of para-hydroxylation sites is 1. The number of aromatic hydroxyl groups is 1. The molecule has 0 bridgehead atoms. The van der Waals surface area contributed by atoms with Gasteiger partial charge in [-0.15, -0.1) is 0 Å². The zero-order valence-corrected chi connectivity index (χ0v) is 15.9. The Balaban J connectivity index is 2.13. The molecule has 1 aliphatic heterocycles. The van der Waals surface area contributed by atoms with E-state index in [2.05, 4.69) is 0 Å². The van der Waals surface area contributed by atoms with Gasteiger partial charge in [0.1, 0.15) is 11.0 Å². The minimum absolute atomic E-state index is 0.120. The number of sulfone groups is 1. The van der Waals surface area contributed by atoms with Crippen molar-refractivity contribution in [2.24, 2.45) is 0 Å².